The van der Waals surface area contributed by atoms with Gasteiger partial charge in [0.1, 0.15) is 11.6 Å². The van der Waals surface area contributed by atoms with Gasteiger partial charge in [-0.05, 0) is 129 Å². The summed E-state index contributed by atoms with van der Waals surface area (Å²) in [5.41, 5.74) is 10.1. The van der Waals surface area contributed by atoms with E-state index in [0.717, 1.165) is 25.7 Å². The Kier molecular flexibility index (Phi) is 11.8. The molecule has 300 valence electrons. The zero-order chi connectivity index (χ0) is 41.3. The maximum atomic E-state index is 15.1. The monoisotopic (exact) mass is 778 g/mol. The smallest absolute Gasteiger partial charge is 0.253 e. The van der Waals surface area contributed by atoms with E-state index in [-0.39, 0.29) is 75.8 Å². The van der Waals surface area contributed by atoms with E-state index in [9.17, 15) is 23.6 Å². The highest BCUT2D eigenvalue weighted by Crippen LogP contribution is 2.41. The fourth-order valence-corrected chi connectivity index (χ4v) is 6.86. The number of amides is 4. The molecule has 0 bridgehead atoms. The summed E-state index contributed by atoms with van der Waals surface area (Å²) in [6.45, 7) is 13.7. The van der Waals surface area contributed by atoms with Crippen molar-refractivity contribution in [3.8, 4) is 22.4 Å². The van der Waals surface area contributed by atoms with E-state index < -0.39 is 11.6 Å². The summed E-state index contributed by atoms with van der Waals surface area (Å²) in [4.78, 5) is 56.3. The van der Waals surface area contributed by atoms with Crippen LogP contribution in [0, 0.1) is 42.7 Å². The number of pyridine rings is 1. The van der Waals surface area contributed by atoms with Crippen LogP contribution >= 0.6 is 0 Å². The van der Waals surface area contributed by atoms with Crippen LogP contribution in [0.4, 0.5) is 14.5 Å². The van der Waals surface area contributed by atoms with Gasteiger partial charge in [0.2, 0.25) is 0 Å². The van der Waals surface area contributed by atoms with Crippen LogP contribution in [0.5, 0.6) is 0 Å². The highest BCUT2D eigenvalue weighted by molar-refractivity contribution is 5.99. The molecule has 2 saturated carbocycles. The van der Waals surface area contributed by atoms with Crippen molar-refractivity contribution in [2.75, 3.05) is 12.3 Å². The summed E-state index contributed by atoms with van der Waals surface area (Å²) >= 11 is 0. The lowest BCUT2D eigenvalue weighted by Gasteiger charge is -2.25. The van der Waals surface area contributed by atoms with Crippen LogP contribution in [0.25, 0.3) is 22.4 Å². The Hall–Kier alpha value is -5.65. The van der Waals surface area contributed by atoms with Crippen molar-refractivity contribution < 1.29 is 28.0 Å². The minimum atomic E-state index is -0.529. The van der Waals surface area contributed by atoms with E-state index in [1.165, 1.54) is 18.3 Å². The Morgan fingerprint density at radius 1 is 0.772 bits per heavy atom. The number of nitrogens with one attached hydrogen (secondary N) is 4. The average Bonchev–Trinajstić information content (AvgIpc) is 4.11. The number of rotatable bonds is 14. The van der Waals surface area contributed by atoms with Gasteiger partial charge in [-0.25, -0.2) is 8.78 Å². The van der Waals surface area contributed by atoms with Crippen LogP contribution < -0.4 is 27.0 Å². The van der Waals surface area contributed by atoms with Crippen molar-refractivity contribution in [3.63, 3.8) is 0 Å². The maximum Gasteiger partial charge on any atom is 0.253 e. The molecule has 2 aliphatic carbocycles. The molecule has 2 aliphatic rings. The SMILES string of the molecule is Cc1c(F)cc(C(=O)NC2CC2CC(C)(C)CNC(=O)c2ccc(-c3cc(C(=O)NC4CC4)cc(F)c3C)c(N)c2)cc1-c1ccc(C(=O)NC(C)C(C)C)cn1. The van der Waals surface area contributed by atoms with Gasteiger partial charge in [-0.1, -0.05) is 33.8 Å². The second kappa shape index (κ2) is 16.4. The lowest BCUT2D eigenvalue weighted by molar-refractivity contribution is 0.0922. The molecule has 10 nitrogen and oxygen atoms in total. The van der Waals surface area contributed by atoms with Crippen molar-refractivity contribution in [3.05, 3.63) is 106 Å². The summed E-state index contributed by atoms with van der Waals surface area (Å²) in [5, 5.41) is 11.9. The molecular weight excluding hydrogens is 727 g/mol. The Balaban J connectivity index is 1.03. The van der Waals surface area contributed by atoms with Gasteiger partial charge in [-0.3, -0.25) is 24.2 Å². The van der Waals surface area contributed by atoms with Gasteiger partial charge in [-0.15, -0.1) is 0 Å². The zero-order valence-electron chi connectivity index (χ0n) is 33.6. The standard InChI is InChI=1S/C45H52F2N6O4/c1-23(2)26(5)51-42(55)28-9-13-39(49-21-28)35-15-30(17-37(47)25(35)4)44(57)53-40-19-31(40)20-45(6,7)22-50-41(54)27-8-12-33(38(48)18-27)34-14-29(16-36(46)24(34)3)43(56)52-32-10-11-32/h8-9,12-18,21,23,26,31-32,40H,10-11,19-20,22,48H2,1-7H3,(H,50,54)(H,51,55)(H,52,56)(H,53,57). The Bertz CT molecular complexity index is 2220. The number of aromatic nitrogens is 1. The summed E-state index contributed by atoms with van der Waals surface area (Å²) in [6, 6.07) is 13.9. The molecule has 4 amide bonds. The molecule has 4 aromatic rings. The first-order valence-corrected chi connectivity index (χ1v) is 19.6. The number of anilines is 1. The predicted octanol–water partition coefficient (Wildman–Crippen LogP) is 7.52. The summed E-state index contributed by atoms with van der Waals surface area (Å²) in [6.07, 6.45) is 4.76. The number of hydrogen-bond donors (Lipinski definition) is 5. The van der Waals surface area contributed by atoms with Crippen LogP contribution in [0.3, 0.4) is 0 Å². The first kappa shape index (κ1) is 41.0. The number of hydrogen-bond acceptors (Lipinski definition) is 6. The van der Waals surface area contributed by atoms with E-state index in [2.05, 4.69) is 26.3 Å². The van der Waals surface area contributed by atoms with E-state index in [1.54, 1.807) is 56.3 Å². The molecule has 57 heavy (non-hydrogen) atoms. The van der Waals surface area contributed by atoms with Gasteiger partial charge < -0.3 is 27.0 Å². The molecule has 0 saturated heterocycles. The summed E-state index contributed by atoms with van der Waals surface area (Å²) < 4.78 is 30.0. The van der Waals surface area contributed by atoms with E-state index >= 15 is 4.39 Å². The summed E-state index contributed by atoms with van der Waals surface area (Å²) in [5.74, 6) is -1.87. The molecule has 6 rings (SSSR count). The van der Waals surface area contributed by atoms with Crippen LogP contribution in [0.1, 0.15) is 113 Å². The fraction of sp³-hybridized carbons (Fsp3) is 0.400. The van der Waals surface area contributed by atoms with Crippen LogP contribution in [-0.2, 0) is 0 Å². The number of carbonyl (C=O) groups excluding carboxylic acids is 4. The van der Waals surface area contributed by atoms with Gasteiger partial charge in [-0.2, -0.15) is 0 Å². The number of benzene rings is 3. The van der Waals surface area contributed by atoms with E-state index in [1.807, 2.05) is 34.6 Å². The minimum absolute atomic E-state index is 0.0123. The number of halogens is 2. The first-order chi connectivity index (χ1) is 26.9. The number of nitrogen functional groups attached to an aromatic ring is 1. The molecule has 0 spiro atoms. The lowest BCUT2D eigenvalue weighted by Crippen LogP contribution is -2.36. The van der Waals surface area contributed by atoms with Crippen molar-refractivity contribution in [2.24, 2.45) is 17.3 Å². The van der Waals surface area contributed by atoms with Gasteiger partial charge in [0.25, 0.3) is 23.6 Å². The fourth-order valence-electron chi connectivity index (χ4n) is 6.86. The highest BCUT2D eigenvalue weighted by Gasteiger charge is 2.42. The second-order valence-electron chi connectivity index (χ2n) is 16.9. The molecule has 3 aromatic carbocycles. The number of carbonyl (C=O) groups is 4. The molecule has 0 radical (unpaired) electrons. The Morgan fingerprint density at radius 3 is 1.98 bits per heavy atom. The zero-order valence-corrected chi connectivity index (χ0v) is 33.6. The van der Waals surface area contributed by atoms with Crippen LogP contribution in [-0.4, -0.2) is 53.3 Å². The molecule has 12 heteroatoms. The normalized spacial score (nSPS) is 16.8. The van der Waals surface area contributed by atoms with Crippen LogP contribution in [0.2, 0.25) is 0 Å². The first-order valence-electron chi connectivity index (χ1n) is 19.6. The van der Waals surface area contributed by atoms with Crippen LogP contribution in [0.15, 0.2) is 60.8 Å². The molecule has 1 heterocycles. The van der Waals surface area contributed by atoms with Crippen molar-refractivity contribution in [1.82, 2.24) is 26.3 Å². The predicted molar refractivity (Wildman–Crippen MR) is 218 cm³/mol. The molecule has 1 aromatic heterocycles. The number of nitrogens with two attached hydrogens (primary N) is 1. The van der Waals surface area contributed by atoms with Gasteiger partial charge in [0, 0.05) is 64.4 Å². The molecular formula is C45H52F2N6O4. The van der Waals surface area contributed by atoms with Gasteiger partial charge in [0.05, 0.1) is 11.3 Å². The minimum Gasteiger partial charge on any atom is -0.398 e. The quantitative estimate of drug-likeness (QED) is 0.0835. The largest absolute Gasteiger partial charge is 0.398 e. The molecule has 2 fully saturated rings. The third-order valence-electron chi connectivity index (χ3n) is 11.2. The average molecular weight is 779 g/mol. The molecule has 3 unspecified atom stereocenters. The Morgan fingerprint density at radius 2 is 1.39 bits per heavy atom. The third kappa shape index (κ3) is 9.84. The molecule has 3 atom stereocenters. The Labute approximate surface area is 332 Å². The second-order valence-corrected chi connectivity index (χ2v) is 16.9. The maximum absolute atomic E-state index is 15.1. The highest BCUT2D eigenvalue weighted by atomic mass is 19.1. The lowest BCUT2D eigenvalue weighted by atomic mass is 9.86. The molecule has 0 aliphatic heterocycles. The molecule has 6 N–H and O–H groups in total. The third-order valence-corrected chi connectivity index (χ3v) is 11.2. The van der Waals surface area contributed by atoms with Crippen molar-refractivity contribution in [2.45, 2.75) is 92.3 Å². The summed E-state index contributed by atoms with van der Waals surface area (Å²) in [7, 11) is 0. The van der Waals surface area contributed by atoms with Gasteiger partial charge >= 0.3 is 0 Å². The van der Waals surface area contributed by atoms with Crippen molar-refractivity contribution >= 4 is 29.3 Å². The topological polar surface area (TPSA) is 155 Å². The van der Waals surface area contributed by atoms with Crippen molar-refractivity contribution in [1.29, 1.82) is 0 Å². The number of nitrogens with zero attached hydrogens (tertiary/aromatic N) is 1. The van der Waals surface area contributed by atoms with E-state index in [0.29, 0.717) is 51.2 Å². The van der Waals surface area contributed by atoms with Gasteiger partial charge in [0.15, 0.2) is 0 Å². The van der Waals surface area contributed by atoms with E-state index in [4.69, 9.17) is 5.73 Å².